The van der Waals surface area contributed by atoms with Gasteiger partial charge in [-0.05, 0) is 65.0 Å². The van der Waals surface area contributed by atoms with Crippen LogP contribution in [0.3, 0.4) is 0 Å². The van der Waals surface area contributed by atoms with E-state index in [0.29, 0.717) is 24.7 Å². The van der Waals surface area contributed by atoms with Crippen LogP contribution in [0.1, 0.15) is 30.1 Å². The zero-order valence-corrected chi connectivity index (χ0v) is 17.9. The van der Waals surface area contributed by atoms with E-state index >= 15 is 0 Å². The minimum atomic E-state index is -3.65. The predicted octanol–water partition coefficient (Wildman–Crippen LogP) is 4.78. The second kappa shape index (κ2) is 8.31. The maximum atomic E-state index is 12.9. The number of anilines is 1. The topological polar surface area (TPSA) is 66.5 Å². The van der Waals surface area contributed by atoms with E-state index in [1.807, 2.05) is 6.07 Å². The van der Waals surface area contributed by atoms with Gasteiger partial charge in [-0.2, -0.15) is 4.31 Å². The van der Waals surface area contributed by atoms with Crippen molar-refractivity contribution in [1.82, 2.24) is 4.31 Å². The first kappa shape index (κ1) is 20.3. The van der Waals surface area contributed by atoms with Gasteiger partial charge in [0.15, 0.2) is 0 Å². The van der Waals surface area contributed by atoms with Gasteiger partial charge in [-0.1, -0.05) is 30.7 Å². The first-order valence-corrected chi connectivity index (χ1v) is 11.3. The Morgan fingerprint density at radius 3 is 2.52 bits per heavy atom. The molecule has 0 bridgehead atoms. The van der Waals surface area contributed by atoms with Crippen molar-refractivity contribution in [2.24, 2.45) is 5.92 Å². The van der Waals surface area contributed by atoms with Crippen molar-refractivity contribution >= 4 is 49.1 Å². The van der Waals surface area contributed by atoms with Crippen LogP contribution in [-0.4, -0.2) is 31.7 Å². The minimum Gasteiger partial charge on any atom is -0.321 e. The van der Waals surface area contributed by atoms with Gasteiger partial charge in [0.25, 0.3) is 5.91 Å². The van der Waals surface area contributed by atoms with E-state index in [1.165, 1.54) is 22.5 Å². The van der Waals surface area contributed by atoms with Crippen molar-refractivity contribution in [3.05, 3.63) is 57.5 Å². The molecule has 1 amide bonds. The monoisotopic (exact) mass is 470 g/mol. The smallest absolute Gasteiger partial charge is 0.257 e. The first-order valence-electron chi connectivity index (χ1n) is 8.64. The van der Waals surface area contributed by atoms with Gasteiger partial charge in [-0.3, -0.25) is 4.79 Å². The van der Waals surface area contributed by atoms with Crippen LogP contribution in [0.2, 0.25) is 5.02 Å². The Morgan fingerprint density at radius 1 is 1.19 bits per heavy atom. The van der Waals surface area contributed by atoms with Crippen LogP contribution in [0.4, 0.5) is 5.69 Å². The van der Waals surface area contributed by atoms with Gasteiger partial charge >= 0.3 is 0 Å². The van der Waals surface area contributed by atoms with Crippen LogP contribution >= 0.6 is 27.5 Å². The molecule has 0 spiro atoms. The third kappa shape index (κ3) is 4.54. The van der Waals surface area contributed by atoms with Gasteiger partial charge in [0, 0.05) is 17.6 Å². The van der Waals surface area contributed by atoms with Gasteiger partial charge < -0.3 is 5.32 Å². The molecule has 5 nitrogen and oxygen atoms in total. The van der Waals surface area contributed by atoms with E-state index in [4.69, 9.17) is 11.6 Å². The van der Waals surface area contributed by atoms with Crippen LogP contribution in [-0.2, 0) is 10.0 Å². The van der Waals surface area contributed by atoms with Gasteiger partial charge in [0.05, 0.1) is 21.2 Å². The Kier molecular flexibility index (Phi) is 6.25. The Bertz CT molecular complexity index is 957. The number of hydrogen-bond donors (Lipinski definition) is 1. The Hall–Kier alpha value is -1.41. The van der Waals surface area contributed by atoms with Crippen molar-refractivity contribution < 1.29 is 13.2 Å². The zero-order chi connectivity index (χ0) is 19.6. The molecule has 0 aromatic heterocycles. The highest BCUT2D eigenvalue weighted by Gasteiger charge is 2.29. The number of para-hydroxylation sites is 1. The molecule has 1 N–H and O–H groups in total. The van der Waals surface area contributed by atoms with E-state index in [9.17, 15) is 13.2 Å². The van der Waals surface area contributed by atoms with Crippen molar-refractivity contribution in [1.29, 1.82) is 0 Å². The number of nitrogens with one attached hydrogen (secondary N) is 1. The lowest BCUT2D eigenvalue weighted by Crippen LogP contribution is -2.37. The number of sulfonamides is 1. The SMILES string of the molecule is CC1CCN(S(=O)(=O)c2ccc(Cl)c(C(=O)Nc3ccccc3Br)c2)CC1. The number of carbonyl (C=O) groups is 1. The highest BCUT2D eigenvalue weighted by atomic mass is 79.9. The normalized spacial score (nSPS) is 16.3. The third-order valence-electron chi connectivity index (χ3n) is 4.68. The summed E-state index contributed by atoms with van der Waals surface area (Å²) < 4.78 is 28.1. The molecule has 1 saturated heterocycles. The average molecular weight is 472 g/mol. The summed E-state index contributed by atoms with van der Waals surface area (Å²) in [6, 6.07) is 11.4. The van der Waals surface area contributed by atoms with E-state index in [1.54, 1.807) is 18.2 Å². The predicted molar refractivity (Wildman–Crippen MR) is 111 cm³/mol. The number of benzene rings is 2. The summed E-state index contributed by atoms with van der Waals surface area (Å²) in [6.07, 6.45) is 1.67. The molecular weight excluding hydrogens is 452 g/mol. The number of carbonyl (C=O) groups excluding carboxylic acids is 1. The summed E-state index contributed by atoms with van der Waals surface area (Å²) in [5.74, 6) is 0.0588. The second-order valence-electron chi connectivity index (χ2n) is 6.66. The van der Waals surface area contributed by atoms with Gasteiger partial charge in [0.1, 0.15) is 0 Å². The van der Waals surface area contributed by atoms with Crippen molar-refractivity contribution in [2.75, 3.05) is 18.4 Å². The molecule has 8 heteroatoms. The Morgan fingerprint density at radius 2 is 1.85 bits per heavy atom. The van der Waals surface area contributed by atoms with Crippen molar-refractivity contribution in [2.45, 2.75) is 24.7 Å². The molecule has 2 aromatic carbocycles. The third-order valence-corrected chi connectivity index (χ3v) is 7.60. The maximum absolute atomic E-state index is 12.9. The highest BCUT2D eigenvalue weighted by Crippen LogP contribution is 2.28. The van der Waals surface area contributed by atoms with Gasteiger partial charge in [-0.15, -0.1) is 0 Å². The molecule has 2 aromatic rings. The lowest BCUT2D eigenvalue weighted by Gasteiger charge is -2.29. The summed E-state index contributed by atoms with van der Waals surface area (Å²) in [5, 5.41) is 2.95. The summed E-state index contributed by atoms with van der Waals surface area (Å²) in [4.78, 5) is 12.7. The summed E-state index contributed by atoms with van der Waals surface area (Å²) in [7, 11) is -3.65. The van der Waals surface area contributed by atoms with E-state index in [-0.39, 0.29) is 15.5 Å². The average Bonchev–Trinajstić information content (AvgIpc) is 2.64. The van der Waals surface area contributed by atoms with Crippen LogP contribution in [0.25, 0.3) is 0 Å². The van der Waals surface area contributed by atoms with E-state index in [2.05, 4.69) is 28.2 Å². The quantitative estimate of drug-likeness (QED) is 0.698. The van der Waals surface area contributed by atoms with Crippen LogP contribution in [0.15, 0.2) is 51.8 Å². The van der Waals surface area contributed by atoms with Gasteiger partial charge in [0.2, 0.25) is 10.0 Å². The fraction of sp³-hybridized carbons (Fsp3) is 0.316. The number of nitrogens with zero attached hydrogens (tertiary/aromatic N) is 1. The summed E-state index contributed by atoms with van der Waals surface area (Å²) >= 11 is 9.54. The number of rotatable bonds is 4. The number of halogens is 2. The molecule has 3 rings (SSSR count). The minimum absolute atomic E-state index is 0.0822. The molecule has 0 aliphatic carbocycles. The maximum Gasteiger partial charge on any atom is 0.257 e. The molecule has 144 valence electrons. The lowest BCUT2D eigenvalue weighted by molar-refractivity contribution is 0.102. The van der Waals surface area contributed by atoms with E-state index in [0.717, 1.165) is 17.3 Å². The summed E-state index contributed by atoms with van der Waals surface area (Å²) in [6.45, 7) is 3.10. The zero-order valence-electron chi connectivity index (χ0n) is 14.8. The van der Waals surface area contributed by atoms with Crippen LogP contribution < -0.4 is 5.32 Å². The van der Waals surface area contributed by atoms with Crippen molar-refractivity contribution in [3.8, 4) is 0 Å². The molecule has 1 heterocycles. The highest BCUT2D eigenvalue weighted by molar-refractivity contribution is 9.10. The molecule has 0 unspecified atom stereocenters. The second-order valence-corrected chi connectivity index (χ2v) is 9.86. The number of hydrogen-bond acceptors (Lipinski definition) is 3. The fourth-order valence-electron chi connectivity index (χ4n) is 2.97. The number of amides is 1. The molecule has 1 fully saturated rings. The fourth-order valence-corrected chi connectivity index (χ4v) is 5.05. The number of piperidine rings is 1. The Balaban J connectivity index is 1.88. The van der Waals surface area contributed by atoms with Crippen LogP contribution in [0.5, 0.6) is 0 Å². The van der Waals surface area contributed by atoms with Gasteiger partial charge in [-0.25, -0.2) is 8.42 Å². The summed E-state index contributed by atoms with van der Waals surface area (Å²) in [5.41, 5.74) is 0.704. The molecule has 0 saturated carbocycles. The Labute approximate surface area is 172 Å². The first-order chi connectivity index (χ1) is 12.8. The molecule has 0 radical (unpaired) electrons. The largest absolute Gasteiger partial charge is 0.321 e. The van der Waals surface area contributed by atoms with E-state index < -0.39 is 15.9 Å². The molecule has 1 aliphatic rings. The molecular formula is C19H20BrClN2O3S. The standard InChI is InChI=1S/C19H20BrClN2O3S/c1-13-8-10-23(11-9-13)27(25,26)14-6-7-17(21)15(12-14)19(24)22-18-5-3-2-4-16(18)20/h2-7,12-13H,8-11H2,1H3,(H,22,24). The molecule has 0 atom stereocenters. The lowest BCUT2D eigenvalue weighted by atomic mass is 10.0. The molecule has 1 aliphatic heterocycles. The molecule has 27 heavy (non-hydrogen) atoms. The van der Waals surface area contributed by atoms with Crippen LogP contribution in [0, 0.1) is 5.92 Å². The van der Waals surface area contributed by atoms with Crippen molar-refractivity contribution in [3.63, 3.8) is 0 Å².